The Morgan fingerprint density at radius 2 is 2.14 bits per heavy atom. The number of amides is 2. The summed E-state index contributed by atoms with van der Waals surface area (Å²) in [6.45, 7) is 1.42. The second-order valence-corrected chi connectivity index (χ2v) is 5.81. The Bertz CT molecular complexity index is 537. The highest BCUT2D eigenvalue weighted by atomic mass is 32.2. The number of nitrogens with one attached hydrogen (secondary N) is 1. The maximum Gasteiger partial charge on any atom is 0.243 e. The van der Waals surface area contributed by atoms with Crippen LogP contribution in [0.2, 0.25) is 0 Å². The smallest absolute Gasteiger partial charge is 0.243 e. The number of hydrogen-bond donors (Lipinski definition) is 3. The Morgan fingerprint density at radius 3 is 2.76 bits per heavy atom. The first-order valence-corrected chi connectivity index (χ1v) is 7.68. The molecule has 1 aromatic rings. The Morgan fingerprint density at radius 1 is 1.43 bits per heavy atom. The highest BCUT2D eigenvalue weighted by Gasteiger charge is 2.41. The summed E-state index contributed by atoms with van der Waals surface area (Å²) in [7, 11) is 0. The Hall–Kier alpha value is -1.73. The summed E-state index contributed by atoms with van der Waals surface area (Å²) >= 11 is 1.44. The largest absolute Gasteiger partial charge is 0.508 e. The summed E-state index contributed by atoms with van der Waals surface area (Å²) < 4.78 is 0. The number of rotatable bonds is 4. The van der Waals surface area contributed by atoms with Gasteiger partial charge in [-0.15, -0.1) is 11.8 Å². The van der Waals surface area contributed by atoms with E-state index in [-0.39, 0.29) is 36.1 Å². The molecule has 2 amide bonds. The minimum absolute atomic E-state index is 0.109. The number of carbonyl (C=O) groups excluding carboxylic acids is 2. The number of para-hydroxylation sites is 1. The van der Waals surface area contributed by atoms with E-state index < -0.39 is 6.04 Å². The molecule has 21 heavy (non-hydrogen) atoms. The molecule has 0 unspecified atom stereocenters. The van der Waals surface area contributed by atoms with Gasteiger partial charge in [0, 0.05) is 24.8 Å². The van der Waals surface area contributed by atoms with E-state index in [1.54, 1.807) is 24.3 Å². The van der Waals surface area contributed by atoms with Gasteiger partial charge in [0.15, 0.2) is 0 Å². The molecule has 1 aliphatic heterocycles. The fourth-order valence-electron chi connectivity index (χ4n) is 2.33. The molecule has 1 saturated heterocycles. The van der Waals surface area contributed by atoms with Crippen LogP contribution in [0.25, 0.3) is 0 Å². The summed E-state index contributed by atoms with van der Waals surface area (Å²) in [6, 6.07) is 6.21. The molecule has 2 rings (SSSR count). The van der Waals surface area contributed by atoms with Crippen molar-refractivity contribution in [1.82, 2.24) is 10.2 Å². The van der Waals surface area contributed by atoms with Gasteiger partial charge in [0.1, 0.15) is 17.2 Å². The maximum absolute atomic E-state index is 12.1. The first-order chi connectivity index (χ1) is 10.1. The molecular weight excluding hydrogens is 292 g/mol. The molecule has 0 bridgehead atoms. The van der Waals surface area contributed by atoms with Crippen LogP contribution in [0.15, 0.2) is 24.3 Å². The molecule has 0 saturated carbocycles. The summed E-state index contributed by atoms with van der Waals surface area (Å²) in [6.07, 6.45) is 0. The minimum Gasteiger partial charge on any atom is -0.508 e. The van der Waals surface area contributed by atoms with Gasteiger partial charge < -0.3 is 20.4 Å². The summed E-state index contributed by atoms with van der Waals surface area (Å²) in [5, 5.41) is 20.9. The fraction of sp³-hybridized carbons (Fsp3) is 0.429. The third kappa shape index (κ3) is 3.30. The van der Waals surface area contributed by atoms with Gasteiger partial charge in [-0.2, -0.15) is 0 Å². The normalized spacial score (nSPS) is 21.3. The number of aromatic hydroxyl groups is 1. The molecular formula is C14H18N2O4S. The SMILES string of the molecule is CC(=O)N1[C@@H](C(=O)NCCO)CS[C@H]1c1ccccc1O. The molecule has 0 aliphatic carbocycles. The van der Waals surface area contributed by atoms with Gasteiger partial charge in [0.05, 0.1) is 6.61 Å². The monoisotopic (exact) mass is 310 g/mol. The molecule has 0 aromatic heterocycles. The third-order valence-corrected chi connectivity index (χ3v) is 4.59. The van der Waals surface area contributed by atoms with Gasteiger partial charge in [-0.1, -0.05) is 18.2 Å². The third-order valence-electron chi connectivity index (χ3n) is 3.28. The Balaban J connectivity index is 2.23. The molecule has 1 aromatic carbocycles. The van der Waals surface area contributed by atoms with Crippen molar-refractivity contribution >= 4 is 23.6 Å². The lowest BCUT2D eigenvalue weighted by molar-refractivity contribution is -0.138. The first kappa shape index (κ1) is 15.7. The van der Waals surface area contributed by atoms with Crippen LogP contribution < -0.4 is 5.32 Å². The highest BCUT2D eigenvalue weighted by Crippen LogP contribution is 2.44. The molecule has 1 heterocycles. The van der Waals surface area contributed by atoms with Crippen molar-refractivity contribution in [2.24, 2.45) is 0 Å². The van der Waals surface area contributed by atoms with Gasteiger partial charge in [-0.05, 0) is 6.07 Å². The number of thioether (sulfide) groups is 1. The predicted molar refractivity (Wildman–Crippen MR) is 79.7 cm³/mol. The zero-order valence-corrected chi connectivity index (χ0v) is 12.5. The highest BCUT2D eigenvalue weighted by molar-refractivity contribution is 7.99. The number of benzene rings is 1. The topological polar surface area (TPSA) is 89.9 Å². The fourth-order valence-corrected chi connectivity index (χ4v) is 3.84. The molecule has 1 fully saturated rings. The van der Waals surface area contributed by atoms with E-state index >= 15 is 0 Å². The van der Waals surface area contributed by atoms with Crippen LogP contribution in [-0.2, 0) is 9.59 Å². The zero-order valence-electron chi connectivity index (χ0n) is 11.7. The summed E-state index contributed by atoms with van der Waals surface area (Å²) in [5.74, 6) is 0.0512. The standard InChI is InChI=1S/C14H18N2O4S/c1-9(18)16-11(13(20)15-6-7-17)8-21-14(16)10-4-2-3-5-12(10)19/h2-5,11,14,17,19H,6-8H2,1H3,(H,15,20)/t11-,14+/m1/s1. The lowest BCUT2D eigenvalue weighted by atomic mass is 10.1. The van der Waals surface area contributed by atoms with Crippen LogP contribution in [0.3, 0.4) is 0 Å². The van der Waals surface area contributed by atoms with Gasteiger partial charge >= 0.3 is 0 Å². The van der Waals surface area contributed by atoms with Crippen molar-refractivity contribution in [3.8, 4) is 5.75 Å². The lowest BCUT2D eigenvalue weighted by Gasteiger charge is -2.28. The van der Waals surface area contributed by atoms with Crippen LogP contribution in [0.5, 0.6) is 5.75 Å². The van der Waals surface area contributed by atoms with Crippen LogP contribution in [-0.4, -0.2) is 51.9 Å². The number of aliphatic hydroxyl groups excluding tert-OH is 1. The summed E-state index contributed by atoms with van der Waals surface area (Å²) in [4.78, 5) is 25.5. The molecule has 0 spiro atoms. The predicted octanol–water partition coefficient (Wildman–Crippen LogP) is 0.463. The minimum atomic E-state index is -0.594. The van der Waals surface area contributed by atoms with Crippen molar-refractivity contribution in [3.05, 3.63) is 29.8 Å². The zero-order chi connectivity index (χ0) is 15.4. The van der Waals surface area contributed by atoms with Crippen molar-refractivity contribution in [1.29, 1.82) is 0 Å². The first-order valence-electron chi connectivity index (χ1n) is 6.63. The molecule has 3 N–H and O–H groups in total. The molecule has 7 heteroatoms. The van der Waals surface area contributed by atoms with Crippen LogP contribution in [0, 0.1) is 0 Å². The maximum atomic E-state index is 12.1. The average Bonchev–Trinajstić information content (AvgIpc) is 2.90. The molecule has 6 nitrogen and oxygen atoms in total. The number of phenols is 1. The van der Waals surface area contributed by atoms with E-state index in [0.717, 1.165) is 0 Å². The molecule has 2 atom stereocenters. The van der Waals surface area contributed by atoms with E-state index in [0.29, 0.717) is 11.3 Å². The number of aliphatic hydroxyl groups is 1. The van der Waals surface area contributed by atoms with Crippen molar-refractivity contribution in [3.63, 3.8) is 0 Å². The van der Waals surface area contributed by atoms with E-state index in [2.05, 4.69) is 5.32 Å². The second kappa shape index (κ2) is 6.82. The van der Waals surface area contributed by atoms with Crippen molar-refractivity contribution < 1.29 is 19.8 Å². The summed E-state index contributed by atoms with van der Waals surface area (Å²) in [5.41, 5.74) is 0.621. The Labute approximate surface area is 127 Å². The van der Waals surface area contributed by atoms with Crippen LogP contribution >= 0.6 is 11.8 Å². The van der Waals surface area contributed by atoms with Gasteiger partial charge in [0.2, 0.25) is 11.8 Å². The van der Waals surface area contributed by atoms with E-state index in [1.807, 2.05) is 0 Å². The molecule has 1 aliphatic rings. The number of phenolic OH excluding ortho intramolecular Hbond substituents is 1. The van der Waals surface area contributed by atoms with Gasteiger partial charge in [-0.3, -0.25) is 9.59 Å². The van der Waals surface area contributed by atoms with Crippen LogP contribution in [0.4, 0.5) is 0 Å². The molecule has 114 valence electrons. The Kier molecular flexibility index (Phi) is 5.08. The number of nitrogens with zero attached hydrogens (tertiary/aromatic N) is 1. The van der Waals surface area contributed by atoms with Crippen molar-refractivity contribution in [2.45, 2.75) is 18.3 Å². The van der Waals surface area contributed by atoms with Crippen molar-refractivity contribution in [2.75, 3.05) is 18.9 Å². The van der Waals surface area contributed by atoms with E-state index in [1.165, 1.54) is 23.6 Å². The quantitative estimate of drug-likeness (QED) is 0.752. The van der Waals surface area contributed by atoms with Gasteiger partial charge in [-0.25, -0.2) is 0 Å². The van der Waals surface area contributed by atoms with E-state index in [9.17, 15) is 14.7 Å². The van der Waals surface area contributed by atoms with Gasteiger partial charge in [0.25, 0.3) is 0 Å². The van der Waals surface area contributed by atoms with Crippen LogP contribution in [0.1, 0.15) is 17.9 Å². The second-order valence-electron chi connectivity index (χ2n) is 4.70. The number of carbonyl (C=O) groups is 2. The average molecular weight is 310 g/mol. The lowest BCUT2D eigenvalue weighted by Crippen LogP contribution is -2.47. The molecule has 0 radical (unpaired) electrons. The van der Waals surface area contributed by atoms with E-state index in [4.69, 9.17) is 5.11 Å². The number of hydrogen-bond acceptors (Lipinski definition) is 5.